The first-order valence-corrected chi connectivity index (χ1v) is 8.21. The highest BCUT2D eigenvalue weighted by Gasteiger charge is 2.30. The quantitative estimate of drug-likeness (QED) is 0.438. The Morgan fingerprint density at radius 3 is 2.71 bits per heavy atom. The molecule has 0 saturated carbocycles. The molecule has 3 rings (SSSR count). The topological polar surface area (TPSA) is 64.4 Å². The number of nitrogens with zero attached hydrogens (tertiary/aromatic N) is 1. The standard InChI is InChI=1S/C13H8Br2N2O3S/c1-20-8-3-2-4-9-10(8)16-11-12(17(18)19)6(14)5-7(15)13(11)21-9/h2-5,16H,1H3. The summed E-state index contributed by atoms with van der Waals surface area (Å²) in [7, 11) is 1.57. The zero-order valence-electron chi connectivity index (χ0n) is 10.6. The number of ether oxygens (including phenoxy) is 1. The molecule has 0 atom stereocenters. The molecule has 0 aromatic heterocycles. The van der Waals surface area contributed by atoms with Gasteiger partial charge in [0.1, 0.15) is 11.4 Å². The molecule has 2 aromatic carbocycles. The minimum absolute atomic E-state index is 0.0113. The van der Waals surface area contributed by atoms with E-state index >= 15 is 0 Å². The first-order chi connectivity index (χ1) is 10.0. The molecule has 0 aliphatic carbocycles. The van der Waals surface area contributed by atoms with Gasteiger partial charge in [-0.25, -0.2) is 0 Å². The molecule has 0 saturated heterocycles. The summed E-state index contributed by atoms with van der Waals surface area (Å²) in [5.74, 6) is 0.649. The van der Waals surface area contributed by atoms with Crippen LogP contribution in [0.5, 0.6) is 5.75 Å². The second-order valence-electron chi connectivity index (χ2n) is 4.21. The van der Waals surface area contributed by atoms with Crippen molar-refractivity contribution in [3.05, 3.63) is 43.3 Å². The molecule has 0 unspecified atom stereocenters. The van der Waals surface area contributed by atoms with Gasteiger partial charge in [-0.05, 0) is 50.1 Å². The van der Waals surface area contributed by atoms with Crippen LogP contribution in [0.1, 0.15) is 0 Å². The van der Waals surface area contributed by atoms with Crippen LogP contribution in [-0.2, 0) is 0 Å². The van der Waals surface area contributed by atoms with Crippen LogP contribution in [0.3, 0.4) is 0 Å². The first-order valence-electron chi connectivity index (χ1n) is 5.81. The molecule has 2 aromatic rings. The number of nitro benzene ring substituents is 1. The molecule has 21 heavy (non-hydrogen) atoms. The average Bonchev–Trinajstić information content (AvgIpc) is 2.44. The molecule has 8 heteroatoms. The average molecular weight is 432 g/mol. The van der Waals surface area contributed by atoms with Gasteiger partial charge < -0.3 is 10.1 Å². The molecular weight excluding hydrogens is 424 g/mol. The predicted molar refractivity (Wildman–Crippen MR) is 88.9 cm³/mol. The van der Waals surface area contributed by atoms with Gasteiger partial charge in [-0.2, -0.15) is 0 Å². The van der Waals surface area contributed by atoms with E-state index in [-0.39, 0.29) is 5.69 Å². The van der Waals surface area contributed by atoms with E-state index in [9.17, 15) is 10.1 Å². The molecule has 1 N–H and O–H groups in total. The smallest absolute Gasteiger partial charge is 0.307 e. The molecule has 5 nitrogen and oxygen atoms in total. The summed E-state index contributed by atoms with van der Waals surface area (Å²) in [5.41, 5.74) is 1.21. The highest BCUT2D eigenvalue weighted by atomic mass is 79.9. The van der Waals surface area contributed by atoms with Crippen LogP contribution < -0.4 is 10.1 Å². The zero-order valence-corrected chi connectivity index (χ0v) is 14.6. The van der Waals surface area contributed by atoms with E-state index in [0.717, 1.165) is 20.0 Å². The van der Waals surface area contributed by atoms with E-state index in [1.54, 1.807) is 13.2 Å². The van der Waals surface area contributed by atoms with Crippen LogP contribution in [0.4, 0.5) is 17.1 Å². The molecule has 0 radical (unpaired) electrons. The van der Waals surface area contributed by atoms with Crippen molar-refractivity contribution in [1.29, 1.82) is 0 Å². The fourth-order valence-electron chi connectivity index (χ4n) is 2.11. The number of nitro groups is 1. The number of para-hydroxylation sites is 1. The van der Waals surface area contributed by atoms with Crippen LogP contribution in [0.25, 0.3) is 0 Å². The number of hydrogen-bond donors (Lipinski definition) is 1. The summed E-state index contributed by atoms with van der Waals surface area (Å²) in [5, 5.41) is 14.5. The van der Waals surface area contributed by atoms with Gasteiger partial charge in [0.15, 0.2) is 0 Å². The lowest BCUT2D eigenvalue weighted by Gasteiger charge is -2.23. The number of methoxy groups -OCH3 is 1. The highest BCUT2D eigenvalue weighted by Crippen LogP contribution is 2.54. The second-order valence-corrected chi connectivity index (χ2v) is 6.97. The Morgan fingerprint density at radius 2 is 2.05 bits per heavy atom. The lowest BCUT2D eigenvalue weighted by molar-refractivity contribution is -0.384. The minimum atomic E-state index is -0.399. The summed E-state index contributed by atoms with van der Waals surface area (Å²) < 4.78 is 6.53. The number of nitrogens with one attached hydrogen (secondary N) is 1. The number of anilines is 2. The molecule has 1 aliphatic heterocycles. The van der Waals surface area contributed by atoms with E-state index < -0.39 is 4.92 Å². The molecule has 0 spiro atoms. The Bertz CT molecular complexity index is 768. The van der Waals surface area contributed by atoms with E-state index in [1.165, 1.54) is 11.8 Å². The van der Waals surface area contributed by atoms with E-state index in [2.05, 4.69) is 37.2 Å². The van der Waals surface area contributed by atoms with E-state index in [4.69, 9.17) is 4.74 Å². The van der Waals surface area contributed by atoms with Crippen molar-refractivity contribution in [2.24, 2.45) is 0 Å². The van der Waals surface area contributed by atoms with Gasteiger partial charge >= 0.3 is 5.69 Å². The van der Waals surface area contributed by atoms with Gasteiger partial charge in [0.05, 0.1) is 27.1 Å². The Morgan fingerprint density at radius 1 is 1.29 bits per heavy atom. The van der Waals surface area contributed by atoms with Crippen LogP contribution in [0.2, 0.25) is 0 Å². The van der Waals surface area contributed by atoms with E-state index in [1.807, 2.05) is 18.2 Å². The second kappa shape index (κ2) is 5.51. The first kappa shape index (κ1) is 14.7. The van der Waals surface area contributed by atoms with Gasteiger partial charge in [0, 0.05) is 9.37 Å². The number of fused-ring (bicyclic) bond motifs is 2. The van der Waals surface area contributed by atoms with Crippen LogP contribution >= 0.6 is 43.6 Å². The van der Waals surface area contributed by atoms with Crippen molar-refractivity contribution in [3.8, 4) is 5.75 Å². The molecule has 0 amide bonds. The summed E-state index contributed by atoms with van der Waals surface area (Å²) in [4.78, 5) is 12.7. The maximum atomic E-state index is 11.4. The summed E-state index contributed by atoms with van der Waals surface area (Å²) in [6.45, 7) is 0. The van der Waals surface area contributed by atoms with E-state index in [0.29, 0.717) is 15.9 Å². The SMILES string of the molecule is COc1cccc2c1Nc1c(c(Br)cc(Br)c1[N+](=O)[O-])S2. The predicted octanol–water partition coefficient (Wildman–Crippen LogP) is 5.34. The lowest BCUT2D eigenvalue weighted by Crippen LogP contribution is -2.06. The fourth-order valence-corrected chi connectivity index (χ4v) is 4.69. The van der Waals surface area contributed by atoms with Gasteiger partial charge in [0.2, 0.25) is 0 Å². The van der Waals surface area contributed by atoms with Gasteiger partial charge in [-0.15, -0.1) is 0 Å². The van der Waals surface area contributed by atoms with Gasteiger partial charge in [-0.1, -0.05) is 17.8 Å². The molecular formula is C13H8Br2N2O3S. The van der Waals surface area contributed by atoms with Crippen LogP contribution in [-0.4, -0.2) is 12.0 Å². The molecule has 0 bridgehead atoms. The molecule has 0 fully saturated rings. The van der Waals surface area contributed by atoms with Crippen molar-refractivity contribution in [3.63, 3.8) is 0 Å². The fraction of sp³-hybridized carbons (Fsp3) is 0.0769. The summed E-state index contributed by atoms with van der Waals surface area (Å²) in [6, 6.07) is 7.34. The molecule has 108 valence electrons. The largest absolute Gasteiger partial charge is 0.495 e. The number of halogens is 2. The number of rotatable bonds is 2. The minimum Gasteiger partial charge on any atom is -0.495 e. The van der Waals surface area contributed by atoms with Crippen molar-refractivity contribution in [2.75, 3.05) is 12.4 Å². The van der Waals surface area contributed by atoms with Crippen LogP contribution in [0, 0.1) is 10.1 Å². The Balaban J connectivity index is 2.24. The Hall–Kier alpha value is -1.25. The summed E-state index contributed by atoms with van der Waals surface area (Å²) >= 11 is 8.17. The number of hydrogen-bond acceptors (Lipinski definition) is 5. The van der Waals surface area contributed by atoms with Crippen molar-refractivity contribution in [2.45, 2.75) is 9.79 Å². The highest BCUT2D eigenvalue weighted by molar-refractivity contribution is 9.11. The lowest BCUT2D eigenvalue weighted by atomic mass is 10.2. The number of benzene rings is 2. The third-order valence-corrected chi connectivity index (χ3v) is 5.69. The normalized spacial score (nSPS) is 12.1. The van der Waals surface area contributed by atoms with Gasteiger partial charge in [0.25, 0.3) is 0 Å². The van der Waals surface area contributed by atoms with Gasteiger partial charge in [-0.3, -0.25) is 10.1 Å². The molecule has 1 aliphatic rings. The summed E-state index contributed by atoms with van der Waals surface area (Å²) in [6.07, 6.45) is 0. The van der Waals surface area contributed by atoms with Crippen molar-refractivity contribution >= 4 is 60.7 Å². The van der Waals surface area contributed by atoms with Crippen molar-refractivity contribution < 1.29 is 9.66 Å². The zero-order chi connectivity index (χ0) is 15.1. The van der Waals surface area contributed by atoms with Crippen molar-refractivity contribution in [1.82, 2.24) is 0 Å². The van der Waals surface area contributed by atoms with Crippen LogP contribution in [0.15, 0.2) is 43.0 Å². The third-order valence-electron chi connectivity index (χ3n) is 3.01. The maximum absolute atomic E-state index is 11.4. The molecule has 1 heterocycles. The Kier molecular flexibility index (Phi) is 3.85. The third kappa shape index (κ3) is 2.41. The maximum Gasteiger partial charge on any atom is 0.307 e. The Labute approximate surface area is 141 Å². The monoisotopic (exact) mass is 430 g/mol.